The van der Waals surface area contributed by atoms with Gasteiger partial charge in [0, 0.05) is 35.0 Å². The standard InChI is InChI=1S/C15H18N2O2/c16-10-7-9(5-6-14(18)19)15-12(8-10)11-3-1-2-4-13(11)17-15/h1-4,9-10,17H,5-8,16H2,(H,18,19). The van der Waals surface area contributed by atoms with Gasteiger partial charge in [-0.2, -0.15) is 0 Å². The van der Waals surface area contributed by atoms with Crippen LogP contribution in [0.5, 0.6) is 0 Å². The molecule has 0 bridgehead atoms. The molecule has 19 heavy (non-hydrogen) atoms. The first-order valence-corrected chi connectivity index (χ1v) is 6.72. The molecule has 1 heterocycles. The first-order chi connectivity index (χ1) is 9.15. The first kappa shape index (κ1) is 12.2. The molecular formula is C15H18N2O2. The first-order valence-electron chi connectivity index (χ1n) is 6.72. The van der Waals surface area contributed by atoms with E-state index < -0.39 is 5.97 Å². The maximum absolute atomic E-state index is 10.8. The minimum atomic E-state index is -0.739. The number of aliphatic carboxylic acids is 1. The van der Waals surface area contributed by atoms with Crippen LogP contribution >= 0.6 is 0 Å². The van der Waals surface area contributed by atoms with Crippen molar-refractivity contribution in [1.29, 1.82) is 0 Å². The fraction of sp³-hybridized carbons (Fsp3) is 0.400. The summed E-state index contributed by atoms with van der Waals surface area (Å²) in [5.74, 6) is -0.501. The SMILES string of the molecule is NC1Cc2c([nH]c3ccccc23)C(CCC(=O)O)C1. The van der Waals surface area contributed by atoms with Crippen molar-refractivity contribution in [1.82, 2.24) is 4.98 Å². The maximum atomic E-state index is 10.8. The lowest BCUT2D eigenvalue weighted by Gasteiger charge is -2.27. The molecule has 1 aromatic heterocycles. The van der Waals surface area contributed by atoms with Gasteiger partial charge in [0.2, 0.25) is 0 Å². The molecule has 0 spiro atoms. The molecule has 1 aliphatic carbocycles. The van der Waals surface area contributed by atoms with E-state index in [9.17, 15) is 4.79 Å². The van der Waals surface area contributed by atoms with E-state index in [2.05, 4.69) is 17.1 Å². The van der Waals surface area contributed by atoms with Crippen molar-refractivity contribution in [2.45, 2.75) is 37.6 Å². The molecule has 2 atom stereocenters. The summed E-state index contributed by atoms with van der Waals surface area (Å²) in [5.41, 5.74) is 9.74. The smallest absolute Gasteiger partial charge is 0.303 e. The van der Waals surface area contributed by atoms with Gasteiger partial charge in [0.1, 0.15) is 0 Å². The van der Waals surface area contributed by atoms with Crippen LogP contribution in [0.15, 0.2) is 24.3 Å². The average molecular weight is 258 g/mol. The van der Waals surface area contributed by atoms with Crippen molar-refractivity contribution >= 4 is 16.9 Å². The predicted molar refractivity (Wildman–Crippen MR) is 74.2 cm³/mol. The largest absolute Gasteiger partial charge is 0.481 e. The molecule has 1 aromatic carbocycles. The monoisotopic (exact) mass is 258 g/mol. The van der Waals surface area contributed by atoms with Gasteiger partial charge in [0.25, 0.3) is 0 Å². The Morgan fingerprint density at radius 2 is 2.21 bits per heavy atom. The highest BCUT2D eigenvalue weighted by atomic mass is 16.4. The number of H-pyrrole nitrogens is 1. The molecule has 0 radical (unpaired) electrons. The van der Waals surface area contributed by atoms with Crippen molar-refractivity contribution in [2.75, 3.05) is 0 Å². The summed E-state index contributed by atoms with van der Waals surface area (Å²) in [6.45, 7) is 0. The lowest BCUT2D eigenvalue weighted by atomic mass is 9.81. The van der Waals surface area contributed by atoms with Crippen molar-refractivity contribution in [3.8, 4) is 0 Å². The zero-order valence-corrected chi connectivity index (χ0v) is 10.7. The van der Waals surface area contributed by atoms with Gasteiger partial charge in [0.15, 0.2) is 0 Å². The van der Waals surface area contributed by atoms with Crippen molar-refractivity contribution in [3.63, 3.8) is 0 Å². The zero-order chi connectivity index (χ0) is 13.4. The third kappa shape index (κ3) is 2.24. The van der Waals surface area contributed by atoms with Crippen molar-refractivity contribution in [3.05, 3.63) is 35.5 Å². The Morgan fingerprint density at radius 3 is 3.00 bits per heavy atom. The van der Waals surface area contributed by atoms with Gasteiger partial charge in [-0.15, -0.1) is 0 Å². The molecule has 0 fully saturated rings. The number of carbonyl (C=O) groups is 1. The Balaban J connectivity index is 2.00. The quantitative estimate of drug-likeness (QED) is 0.791. The van der Waals surface area contributed by atoms with E-state index in [0.29, 0.717) is 6.42 Å². The number of aromatic amines is 1. The Hall–Kier alpha value is -1.81. The van der Waals surface area contributed by atoms with Crippen LogP contribution in [-0.4, -0.2) is 22.1 Å². The van der Waals surface area contributed by atoms with Gasteiger partial charge in [-0.1, -0.05) is 18.2 Å². The minimum absolute atomic E-state index is 0.130. The van der Waals surface area contributed by atoms with E-state index in [4.69, 9.17) is 10.8 Å². The number of fused-ring (bicyclic) bond motifs is 3. The van der Waals surface area contributed by atoms with E-state index in [1.807, 2.05) is 12.1 Å². The molecule has 0 saturated carbocycles. The summed E-state index contributed by atoms with van der Waals surface area (Å²) in [6.07, 6.45) is 2.60. The third-order valence-corrected chi connectivity index (χ3v) is 4.02. The minimum Gasteiger partial charge on any atom is -0.481 e. The highest BCUT2D eigenvalue weighted by Gasteiger charge is 2.28. The molecular weight excluding hydrogens is 240 g/mol. The lowest BCUT2D eigenvalue weighted by Crippen LogP contribution is -2.30. The van der Waals surface area contributed by atoms with E-state index in [-0.39, 0.29) is 18.4 Å². The van der Waals surface area contributed by atoms with Gasteiger partial charge < -0.3 is 15.8 Å². The Morgan fingerprint density at radius 1 is 1.42 bits per heavy atom. The summed E-state index contributed by atoms with van der Waals surface area (Å²) in [5, 5.41) is 10.1. The Labute approximate surface area is 111 Å². The van der Waals surface area contributed by atoms with Gasteiger partial charge in [0.05, 0.1) is 0 Å². The van der Waals surface area contributed by atoms with Gasteiger partial charge >= 0.3 is 5.97 Å². The highest BCUT2D eigenvalue weighted by molar-refractivity contribution is 5.85. The molecule has 4 heteroatoms. The number of nitrogens with two attached hydrogens (primary N) is 1. The van der Waals surface area contributed by atoms with Crippen LogP contribution in [0.3, 0.4) is 0 Å². The van der Waals surface area contributed by atoms with Crippen LogP contribution in [0, 0.1) is 0 Å². The van der Waals surface area contributed by atoms with Crippen LogP contribution in [0.2, 0.25) is 0 Å². The second-order valence-electron chi connectivity index (χ2n) is 5.39. The molecule has 2 unspecified atom stereocenters. The fourth-order valence-corrected chi connectivity index (χ4v) is 3.18. The number of aromatic nitrogens is 1. The molecule has 1 aliphatic rings. The topological polar surface area (TPSA) is 79.1 Å². The average Bonchev–Trinajstić information content (AvgIpc) is 2.75. The molecule has 4 N–H and O–H groups in total. The highest BCUT2D eigenvalue weighted by Crippen LogP contribution is 2.37. The molecule has 4 nitrogen and oxygen atoms in total. The molecule has 0 aliphatic heterocycles. The molecule has 0 amide bonds. The van der Waals surface area contributed by atoms with Gasteiger partial charge in [-0.3, -0.25) is 4.79 Å². The summed E-state index contributed by atoms with van der Waals surface area (Å²) < 4.78 is 0. The summed E-state index contributed by atoms with van der Waals surface area (Å²) in [7, 11) is 0. The number of para-hydroxylation sites is 1. The van der Waals surface area contributed by atoms with E-state index in [1.54, 1.807) is 0 Å². The summed E-state index contributed by atoms with van der Waals surface area (Å²) in [4.78, 5) is 14.2. The van der Waals surface area contributed by atoms with Crippen molar-refractivity contribution in [2.24, 2.45) is 5.73 Å². The second kappa shape index (κ2) is 4.70. The predicted octanol–water partition coefficient (Wildman–Crippen LogP) is 2.39. The molecule has 100 valence electrons. The maximum Gasteiger partial charge on any atom is 0.303 e. The van der Waals surface area contributed by atoms with E-state index in [0.717, 1.165) is 18.4 Å². The van der Waals surface area contributed by atoms with E-state index >= 15 is 0 Å². The van der Waals surface area contributed by atoms with Crippen LogP contribution in [0.4, 0.5) is 0 Å². The normalized spacial score (nSPS) is 22.4. The Kier molecular flexibility index (Phi) is 3.03. The van der Waals surface area contributed by atoms with E-state index in [1.165, 1.54) is 16.6 Å². The Bertz CT molecular complexity index is 618. The number of nitrogens with one attached hydrogen (secondary N) is 1. The molecule has 2 aromatic rings. The zero-order valence-electron chi connectivity index (χ0n) is 10.7. The number of benzene rings is 1. The third-order valence-electron chi connectivity index (χ3n) is 4.02. The van der Waals surface area contributed by atoms with Crippen LogP contribution in [-0.2, 0) is 11.2 Å². The number of carboxylic acids is 1. The van der Waals surface area contributed by atoms with Crippen LogP contribution in [0.25, 0.3) is 10.9 Å². The summed E-state index contributed by atoms with van der Waals surface area (Å²) in [6, 6.07) is 8.34. The molecule has 3 rings (SSSR count). The number of hydrogen-bond acceptors (Lipinski definition) is 2. The second-order valence-corrected chi connectivity index (χ2v) is 5.39. The number of carboxylic acid groups (broad SMARTS) is 1. The van der Waals surface area contributed by atoms with Crippen molar-refractivity contribution < 1.29 is 9.90 Å². The fourth-order valence-electron chi connectivity index (χ4n) is 3.18. The van der Waals surface area contributed by atoms with Crippen LogP contribution in [0.1, 0.15) is 36.4 Å². The van der Waals surface area contributed by atoms with Gasteiger partial charge in [-0.25, -0.2) is 0 Å². The van der Waals surface area contributed by atoms with Crippen LogP contribution < -0.4 is 5.73 Å². The van der Waals surface area contributed by atoms with Gasteiger partial charge in [-0.05, 0) is 30.9 Å². The summed E-state index contributed by atoms with van der Waals surface area (Å²) >= 11 is 0. The lowest BCUT2D eigenvalue weighted by molar-refractivity contribution is -0.137. The number of rotatable bonds is 3. The number of hydrogen-bond donors (Lipinski definition) is 3. The molecule has 0 saturated heterocycles.